The first-order valence-electron chi connectivity index (χ1n) is 10.3. The molecule has 164 valence electrons. The SMILES string of the molecule is CN=C(NCCNc1ncnc2c1cnn2C)N1CC(C)OC(c2ccc(F)cc2)C1. The Labute approximate surface area is 180 Å². The molecule has 1 aliphatic heterocycles. The number of aliphatic imine (C=N–C) groups is 1. The Balaban J connectivity index is 1.34. The highest BCUT2D eigenvalue weighted by atomic mass is 19.1. The van der Waals surface area contributed by atoms with Gasteiger partial charge in [0.25, 0.3) is 0 Å². The van der Waals surface area contributed by atoms with E-state index < -0.39 is 0 Å². The maximum Gasteiger partial charge on any atom is 0.193 e. The van der Waals surface area contributed by atoms with Gasteiger partial charge in [0.05, 0.1) is 24.2 Å². The number of benzene rings is 1. The van der Waals surface area contributed by atoms with Gasteiger partial charge in [-0.3, -0.25) is 9.67 Å². The van der Waals surface area contributed by atoms with E-state index in [0.29, 0.717) is 19.6 Å². The van der Waals surface area contributed by atoms with Gasteiger partial charge >= 0.3 is 0 Å². The zero-order chi connectivity index (χ0) is 21.8. The van der Waals surface area contributed by atoms with E-state index >= 15 is 0 Å². The second-order valence-corrected chi connectivity index (χ2v) is 7.52. The van der Waals surface area contributed by atoms with Crippen molar-refractivity contribution >= 4 is 22.8 Å². The summed E-state index contributed by atoms with van der Waals surface area (Å²) in [6, 6.07) is 6.48. The van der Waals surface area contributed by atoms with Crippen LogP contribution in [-0.2, 0) is 11.8 Å². The van der Waals surface area contributed by atoms with E-state index in [-0.39, 0.29) is 18.0 Å². The topological polar surface area (TPSA) is 92.5 Å². The normalized spacial score (nSPS) is 19.6. The third-order valence-corrected chi connectivity index (χ3v) is 5.24. The van der Waals surface area contributed by atoms with Gasteiger partial charge in [-0.2, -0.15) is 5.10 Å². The van der Waals surface area contributed by atoms with Crippen LogP contribution in [0, 0.1) is 5.82 Å². The van der Waals surface area contributed by atoms with Crippen molar-refractivity contribution in [1.29, 1.82) is 0 Å². The molecule has 2 N–H and O–H groups in total. The molecule has 0 amide bonds. The Morgan fingerprint density at radius 1 is 1.23 bits per heavy atom. The van der Waals surface area contributed by atoms with Crippen molar-refractivity contribution in [3.63, 3.8) is 0 Å². The molecular weight excluding hydrogens is 399 g/mol. The van der Waals surface area contributed by atoms with Crippen LogP contribution in [-0.4, -0.2) is 69.9 Å². The number of guanidine groups is 1. The Morgan fingerprint density at radius 2 is 2.03 bits per heavy atom. The first kappa shape index (κ1) is 21.0. The minimum Gasteiger partial charge on any atom is -0.368 e. The lowest BCUT2D eigenvalue weighted by Gasteiger charge is -2.38. The third-order valence-electron chi connectivity index (χ3n) is 5.24. The van der Waals surface area contributed by atoms with Gasteiger partial charge < -0.3 is 20.3 Å². The van der Waals surface area contributed by atoms with Gasteiger partial charge in [-0.25, -0.2) is 14.4 Å². The number of rotatable bonds is 5. The van der Waals surface area contributed by atoms with Gasteiger partial charge in [0, 0.05) is 33.7 Å². The highest BCUT2D eigenvalue weighted by molar-refractivity contribution is 5.86. The van der Waals surface area contributed by atoms with Crippen LogP contribution < -0.4 is 10.6 Å². The lowest BCUT2D eigenvalue weighted by Crippen LogP contribution is -2.51. The number of ether oxygens (including phenoxy) is 1. The molecule has 3 aromatic rings. The van der Waals surface area contributed by atoms with E-state index in [9.17, 15) is 4.39 Å². The van der Waals surface area contributed by atoms with Gasteiger partial charge in [-0.1, -0.05) is 12.1 Å². The van der Waals surface area contributed by atoms with Crippen LogP contribution in [0.4, 0.5) is 10.2 Å². The summed E-state index contributed by atoms with van der Waals surface area (Å²) >= 11 is 0. The number of nitrogens with zero attached hydrogens (tertiary/aromatic N) is 6. The quantitative estimate of drug-likeness (QED) is 0.366. The predicted octanol–water partition coefficient (Wildman–Crippen LogP) is 1.95. The number of hydrogen-bond donors (Lipinski definition) is 2. The largest absolute Gasteiger partial charge is 0.368 e. The van der Waals surface area contributed by atoms with Crippen LogP contribution in [0.1, 0.15) is 18.6 Å². The molecule has 4 rings (SSSR count). The smallest absolute Gasteiger partial charge is 0.193 e. The summed E-state index contributed by atoms with van der Waals surface area (Å²) in [5.74, 6) is 1.31. The fourth-order valence-electron chi connectivity index (χ4n) is 3.78. The zero-order valence-corrected chi connectivity index (χ0v) is 17.9. The maximum absolute atomic E-state index is 13.3. The summed E-state index contributed by atoms with van der Waals surface area (Å²) in [6.45, 7) is 4.72. The number of nitrogens with one attached hydrogen (secondary N) is 2. The lowest BCUT2D eigenvalue weighted by atomic mass is 10.1. The number of fused-ring (bicyclic) bond motifs is 1. The van der Waals surface area contributed by atoms with Crippen molar-refractivity contribution in [3.05, 3.63) is 48.2 Å². The molecule has 1 aromatic carbocycles. The second-order valence-electron chi connectivity index (χ2n) is 7.52. The Morgan fingerprint density at radius 3 is 2.81 bits per heavy atom. The fraction of sp³-hybridized carbons (Fsp3) is 0.429. The van der Waals surface area contributed by atoms with Gasteiger partial charge in [0.1, 0.15) is 24.1 Å². The number of anilines is 1. The molecule has 1 fully saturated rings. The van der Waals surface area contributed by atoms with E-state index in [1.807, 2.05) is 14.0 Å². The van der Waals surface area contributed by atoms with Crippen LogP contribution in [0.3, 0.4) is 0 Å². The van der Waals surface area contributed by atoms with Gasteiger partial charge in [0.2, 0.25) is 0 Å². The monoisotopic (exact) mass is 426 g/mol. The average molecular weight is 427 g/mol. The summed E-state index contributed by atoms with van der Waals surface area (Å²) in [7, 11) is 3.62. The Hall–Kier alpha value is -3.27. The molecule has 0 aliphatic carbocycles. The van der Waals surface area contributed by atoms with Crippen molar-refractivity contribution < 1.29 is 9.13 Å². The molecule has 10 heteroatoms. The first-order chi connectivity index (χ1) is 15.0. The molecule has 1 saturated heterocycles. The van der Waals surface area contributed by atoms with Gasteiger partial charge in [0.15, 0.2) is 11.6 Å². The molecule has 9 nitrogen and oxygen atoms in total. The van der Waals surface area contributed by atoms with Crippen molar-refractivity contribution in [1.82, 2.24) is 30.0 Å². The molecular formula is C21H27FN8O. The second kappa shape index (κ2) is 9.25. The highest BCUT2D eigenvalue weighted by Gasteiger charge is 2.28. The maximum atomic E-state index is 13.3. The summed E-state index contributed by atoms with van der Waals surface area (Å²) in [5, 5.41) is 11.8. The fourth-order valence-corrected chi connectivity index (χ4v) is 3.78. The summed E-state index contributed by atoms with van der Waals surface area (Å²) in [6.07, 6.45) is 3.18. The average Bonchev–Trinajstić information content (AvgIpc) is 3.15. The summed E-state index contributed by atoms with van der Waals surface area (Å²) in [4.78, 5) is 15.2. The molecule has 2 aromatic heterocycles. The Kier molecular flexibility index (Phi) is 6.26. The van der Waals surface area contributed by atoms with E-state index in [1.54, 1.807) is 30.1 Å². The van der Waals surface area contributed by atoms with Crippen molar-refractivity contribution in [3.8, 4) is 0 Å². The number of aryl methyl sites for hydroxylation is 1. The number of hydrogen-bond acceptors (Lipinski definition) is 6. The van der Waals surface area contributed by atoms with Crippen molar-refractivity contribution in [2.24, 2.45) is 12.0 Å². The minimum atomic E-state index is -0.248. The summed E-state index contributed by atoms with van der Waals surface area (Å²) in [5.41, 5.74) is 1.75. The van der Waals surface area contributed by atoms with Crippen LogP contribution in [0.5, 0.6) is 0 Å². The number of aromatic nitrogens is 4. The van der Waals surface area contributed by atoms with Crippen molar-refractivity contribution in [2.75, 3.05) is 38.5 Å². The molecule has 0 spiro atoms. The molecule has 2 unspecified atom stereocenters. The van der Waals surface area contributed by atoms with E-state index in [4.69, 9.17) is 4.74 Å². The molecule has 2 atom stereocenters. The molecule has 0 bridgehead atoms. The van der Waals surface area contributed by atoms with Crippen LogP contribution in [0.25, 0.3) is 11.0 Å². The van der Waals surface area contributed by atoms with E-state index in [1.165, 1.54) is 18.5 Å². The van der Waals surface area contributed by atoms with Crippen LogP contribution in [0.2, 0.25) is 0 Å². The number of morpholine rings is 1. The third kappa shape index (κ3) is 4.74. The first-order valence-corrected chi connectivity index (χ1v) is 10.3. The van der Waals surface area contributed by atoms with Gasteiger partial charge in [-0.15, -0.1) is 0 Å². The van der Waals surface area contributed by atoms with E-state index in [2.05, 4.69) is 35.6 Å². The van der Waals surface area contributed by atoms with Crippen LogP contribution >= 0.6 is 0 Å². The molecule has 1 aliphatic rings. The molecule has 0 saturated carbocycles. The summed E-state index contributed by atoms with van der Waals surface area (Å²) < 4.78 is 21.1. The molecule has 31 heavy (non-hydrogen) atoms. The predicted molar refractivity (Wildman–Crippen MR) is 117 cm³/mol. The van der Waals surface area contributed by atoms with Crippen LogP contribution in [0.15, 0.2) is 41.8 Å². The lowest BCUT2D eigenvalue weighted by molar-refractivity contribution is -0.0604. The zero-order valence-electron chi connectivity index (χ0n) is 17.9. The Bertz CT molecular complexity index is 1050. The molecule has 3 heterocycles. The van der Waals surface area contributed by atoms with Gasteiger partial charge in [-0.05, 0) is 24.6 Å². The minimum absolute atomic E-state index is 0.0281. The van der Waals surface area contributed by atoms with Crippen molar-refractivity contribution in [2.45, 2.75) is 19.1 Å². The number of halogens is 1. The highest BCUT2D eigenvalue weighted by Crippen LogP contribution is 2.25. The van der Waals surface area contributed by atoms with E-state index in [0.717, 1.165) is 34.9 Å². The standard InChI is InChI=1S/C21H27FN8O/c1-14-11-30(12-18(31-14)15-4-6-16(22)7-5-15)21(23-2)25-9-8-24-19-17-10-28-29(3)20(17)27-13-26-19/h4-7,10,13-14,18H,8-9,11-12H2,1-3H3,(H,23,25)(H,24,26,27). The molecule has 0 radical (unpaired) electrons.